The van der Waals surface area contributed by atoms with Gasteiger partial charge in [-0.3, -0.25) is 4.98 Å². The first-order chi connectivity index (χ1) is 9.42. The summed E-state index contributed by atoms with van der Waals surface area (Å²) >= 11 is 0. The van der Waals surface area contributed by atoms with Crippen molar-refractivity contribution in [2.75, 3.05) is 26.2 Å². The highest BCUT2D eigenvalue weighted by Gasteiger charge is 2.30. The number of quaternary nitrogens is 2. The van der Waals surface area contributed by atoms with Gasteiger partial charge in [0.15, 0.2) is 0 Å². The number of hydrogen-bond acceptors (Lipinski definition) is 1. The molecule has 104 valence electrons. The van der Waals surface area contributed by atoms with Crippen molar-refractivity contribution in [3.05, 3.63) is 30.1 Å². The average molecular weight is 261 g/mol. The van der Waals surface area contributed by atoms with Crippen LogP contribution < -0.4 is 9.80 Å². The minimum absolute atomic E-state index is 0.960. The summed E-state index contributed by atoms with van der Waals surface area (Å²) in [6.45, 7) is 6.77. The van der Waals surface area contributed by atoms with Gasteiger partial charge in [0, 0.05) is 30.8 Å². The number of likely N-dealkylation sites (tertiary alicyclic amines) is 2. The van der Waals surface area contributed by atoms with E-state index in [0.29, 0.717) is 0 Å². The summed E-state index contributed by atoms with van der Waals surface area (Å²) < 4.78 is 0. The van der Waals surface area contributed by atoms with Crippen molar-refractivity contribution in [2.45, 2.75) is 44.7 Å². The summed E-state index contributed by atoms with van der Waals surface area (Å²) in [5, 5.41) is 0. The molecule has 3 heteroatoms. The monoisotopic (exact) mass is 261 g/mol. The summed E-state index contributed by atoms with van der Waals surface area (Å²) in [7, 11) is 0. The van der Waals surface area contributed by atoms with Gasteiger partial charge in [-0.1, -0.05) is 0 Å². The Labute approximate surface area is 116 Å². The van der Waals surface area contributed by atoms with Crippen LogP contribution in [0.3, 0.4) is 0 Å². The second-order valence-electron chi connectivity index (χ2n) is 6.28. The molecule has 0 aromatic carbocycles. The van der Waals surface area contributed by atoms with Crippen LogP contribution in [0, 0.1) is 0 Å². The molecule has 2 fully saturated rings. The zero-order chi connectivity index (χ0) is 12.9. The molecule has 0 radical (unpaired) electrons. The van der Waals surface area contributed by atoms with E-state index in [1.165, 1.54) is 70.4 Å². The van der Waals surface area contributed by atoms with E-state index in [9.17, 15) is 0 Å². The Morgan fingerprint density at radius 1 is 0.947 bits per heavy atom. The van der Waals surface area contributed by atoms with Gasteiger partial charge in [-0.05, 0) is 31.4 Å². The molecule has 2 aliphatic heterocycles. The first-order valence-electron chi connectivity index (χ1n) is 7.99. The largest absolute Gasteiger partial charge is 0.332 e. The topological polar surface area (TPSA) is 21.8 Å². The molecule has 19 heavy (non-hydrogen) atoms. The molecule has 1 aromatic rings. The highest BCUT2D eigenvalue weighted by Crippen LogP contribution is 2.02. The molecule has 0 unspecified atom stereocenters. The van der Waals surface area contributed by atoms with Crippen LogP contribution in [0.1, 0.15) is 37.7 Å². The Morgan fingerprint density at radius 3 is 2.32 bits per heavy atom. The first kappa shape index (κ1) is 13.1. The third-order valence-electron chi connectivity index (χ3n) is 4.97. The number of piperidine rings is 2. The van der Waals surface area contributed by atoms with Gasteiger partial charge in [-0.25, -0.2) is 0 Å². The smallest absolute Gasteiger partial charge is 0.103 e. The Kier molecular flexibility index (Phi) is 4.46. The molecule has 0 saturated carbocycles. The Morgan fingerprint density at radius 2 is 1.63 bits per heavy atom. The van der Waals surface area contributed by atoms with Gasteiger partial charge >= 0.3 is 0 Å². The molecule has 3 nitrogen and oxygen atoms in total. The second kappa shape index (κ2) is 6.49. The van der Waals surface area contributed by atoms with Crippen molar-refractivity contribution in [1.29, 1.82) is 0 Å². The molecule has 0 spiro atoms. The Hall–Kier alpha value is -0.930. The van der Waals surface area contributed by atoms with E-state index in [0.717, 1.165) is 6.04 Å². The normalized spacial score (nSPS) is 29.3. The predicted octanol–water partition coefficient (Wildman–Crippen LogP) is -0.302. The van der Waals surface area contributed by atoms with Gasteiger partial charge < -0.3 is 9.80 Å². The molecule has 0 amide bonds. The summed E-state index contributed by atoms with van der Waals surface area (Å²) in [6, 6.07) is 5.28. The molecule has 3 rings (SSSR count). The summed E-state index contributed by atoms with van der Waals surface area (Å²) in [5.41, 5.74) is 1.44. The molecule has 0 bridgehead atoms. The van der Waals surface area contributed by atoms with E-state index < -0.39 is 0 Å². The summed E-state index contributed by atoms with van der Waals surface area (Å²) in [5.74, 6) is 0. The molecule has 2 aliphatic rings. The van der Waals surface area contributed by atoms with Crippen molar-refractivity contribution in [2.24, 2.45) is 0 Å². The van der Waals surface area contributed by atoms with Gasteiger partial charge in [0.1, 0.15) is 6.54 Å². The molecule has 0 aliphatic carbocycles. The lowest BCUT2D eigenvalue weighted by atomic mass is 9.99. The maximum absolute atomic E-state index is 4.10. The molecule has 0 atom stereocenters. The standard InChI is InChI=1S/C16H25N3/c1-2-10-19(11-3-1)16-6-12-18(13-7-16)14-15-4-8-17-9-5-15/h4-5,8-9,16H,1-3,6-7,10-14H2/p+2. The maximum Gasteiger partial charge on any atom is 0.103 e. The van der Waals surface area contributed by atoms with Crippen molar-refractivity contribution in [3.8, 4) is 0 Å². The van der Waals surface area contributed by atoms with Crippen LogP contribution in [0.15, 0.2) is 24.5 Å². The lowest BCUT2D eigenvalue weighted by Gasteiger charge is -2.36. The number of hydrogen-bond donors (Lipinski definition) is 2. The third-order valence-corrected chi connectivity index (χ3v) is 4.97. The number of nitrogens with one attached hydrogen (secondary N) is 2. The fraction of sp³-hybridized carbons (Fsp3) is 0.688. The van der Waals surface area contributed by atoms with Crippen molar-refractivity contribution < 1.29 is 9.80 Å². The Bertz CT molecular complexity index is 365. The fourth-order valence-electron chi connectivity index (χ4n) is 3.81. The first-order valence-corrected chi connectivity index (χ1v) is 7.99. The van der Waals surface area contributed by atoms with Crippen LogP contribution in [0.4, 0.5) is 0 Å². The van der Waals surface area contributed by atoms with Gasteiger partial charge in [-0.15, -0.1) is 0 Å². The molecular formula is C16H27N3+2. The summed E-state index contributed by atoms with van der Waals surface area (Å²) in [4.78, 5) is 7.77. The summed E-state index contributed by atoms with van der Waals surface area (Å²) in [6.07, 6.45) is 11.1. The molecular weight excluding hydrogens is 234 g/mol. The number of rotatable bonds is 3. The Balaban J connectivity index is 1.46. The van der Waals surface area contributed by atoms with Crippen molar-refractivity contribution in [1.82, 2.24) is 4.98 Å². The zero-order valence-electron chi connectivity index (χ0n) is 11.9. The highest BCUT2D eigenvalue weighted by atomic mass is 15.2. The molecule has 2 saturated heterocycles. The van der Waals surface area contributed by atoms with E-state index in [4.69, 9.17) is 0 Å². The van der Waals surface area contributed by atoms with Gasteiger partial charge in [0.25, 0.3) is 0 Å². The van der Waals surface area contributed by atoms with E-state index in [2.05, 4.69) is 17.1 Å². The minimum Gasteiger partial charge on any atom is -0.332 e. The lowest BCUT2D eigenvalue weighted by Crippen LogP contribution is -3.20. The number of pyridine rings is 1. The predicted molar refractivity (Wildman–Crippen MR) is 76.2 cm³/mol. The van der Waals surface area contributed by atoms with Crippen LogP contribution in [0.5, 0.6) is 0 Å². The van der Waals surface area contributed by atoms with E-state index >= 15 is 0 Å². The number of nitrogens with zero attached hydrogens (tertiary/aromatic N) is 1. The van der Waals surface area contributed by atoms with Crippen molar-refractivity contribution in [3.63, 3.8) is 0 Å². The van der Waals surface area contributed by atoms with Gasteiger partial charge in [0.2, 0.25) is 0 Å². The van der Waals surface area contributed by atoms with Gasteiger partial charge in [-0.2, -0.15) is 0 Å². The minimum atomic E-state index is 0.960. The highest BCUT2D eigenvalue weighted by molar-refractivity contribution is 5.07. The van der Waals surface area contributed by atoms with Crippen molar-refractivity contribution >= 4 is 0 Å². The van der Waals surface area contributed by atoms with Crippen LogP contribution in [-0.4, -0.2) is 37.2 Å². The van der Waals surface area contributed by atoms with Crippen LogP contribution in [0.2, 0.25) is 0 Å². The van der Waals surface area contributed by atoms with Gasteiger partial charge in [0.05, 0.1) is 32.2 Å². The second-order valence-corrected chi connectivity index (χ2v) is 6.28. The van der Waals surface area contributed by atoms with Crippen LogP contribution in [-0.2, 0) is 6.54 Å². The average Bonchev–Trinajstić information content (AvgIpc) is 2.50. The number of aromatic nitrogens is 1. The molecule has 3 heterocycles. The van der Waals surface area contributed by atoms with Crippen LogP contribution in [0.25, 0.3) is 0 Å². The SMILES string of the molecule is c1cc(C[NH+]2CCC([NH+]3CCCCC3)CC2)ccn1. The molecule has 2 N–H and O–H groups in total. The molecule has 1 aromatic heterocycles. The third kappa shape index (κ3) is 3.54. The lowest BCUT2D eigenvalue weighted by molar-refractivity contribution is -0.965. The maximum atomic E-state index is 4.10. The zero-order valence-corrected chi connectivity index (χ0v) is 11.9. The quantitative estimate of drug-likeness (QED) is 0.766. The fourth-order valence-corrected chi connectivity index (χ4v) is 3.81. The van der Waals surface area contributed by atoms with E-state index in [-0.39, 0.29) is 0 Å². The van der Waals surface area contributed by atoms with Crippen LogP contribution >= 0.6 is 0 Å². The van der Waals surface area contributed by atoms with E-state index in [1.54, 1.807) is 4.90 Å². The van der Waals surface area contributed by atoms with E-state index in [1.807, 2.05) is 17.3 Å².